The fraction of sp³-hybridized carbons (Fsp3) is 0.667. The van der Waals surface area contributed by atoms with Crippen LogP contribution >= 0.6 is 0 Å². The van der Waals surface area contributed by atoms with E-state index in [0.29, 0.717) is 12.5 Å². The molecule has 0 aliphatic heterocycles. The number of hydrogen-bond acceptors (Lipinski definition) is 4. The number of aromatic nitrogens is 1. The molecule has 1 heterocycles. The number of nitrogen functional groups attached to an aromatic ring is 1. The first kappa shape index (κ1) is 16.2. The molecular weight excluding hydrogens is 286 g/mol. The second kappa shape index (κ2) is 6.32. The van der Waals surface area contributed by atoms with Crippen LogP contribution in [0.1, 0.15) is 46.0 Å². The SMILES string of the molecule is CC(C)CC1(CNS(=O)(=O)c2ncccc2N)CCCC1. The fourth-order valence-corrected chi connectivity index (χ4v) is 4.60. The molecule has 0 saturated heterocycles. The Balaban J connectivity index is 2.12. The zero-order chi connectivity index (χ0) is 15.5. The molecule has 2 rings (SSSR count). The maximum absolute atomic E-state index is 12.4. The molecule has 0 radical (unpaired) electrons. The summed E-state index contributed by atoms with van der Waals surface area (Å²) in [7, 11) is -3.64. The summed E-state index contributed by atoms with van der Waals surface area (Å²) in [6, 6.07) is 3.19. The van der Waals surface area contributed by atoms with E-state index in [1.165, 1.54) is 19.0 Å². The first-order valence-electron chi connectivity index (χ1n) is 7.55. The summed E-state index contributed by atoms with van der Waals surface area (Å²) in [6.45, 7) is 4.85. The Morgan fingerprint density at radius 1 is 1.38 bits per heavy atom. The Bertz CT molecular complexity index is 578. The molecule has 1 aliphatic carbocycles. The summed E-state index contributed by atoms with van der Waals surface area (Å²) in [6.07, 6.45) is 7.04. The van der Waals surface area contributed by atoms with E-state index in [4.69, 9.17) is 5.73 Å². The minimum absolute atomic E-state index is 0.0670. The molecule has 1 aromatic heterocycles. The largest absolute Gasteiger partial charge is 0.396 e. The summed E-state index contributed by atoms with van der Waals surface area (Å²) in [5.74, 6) is 0.563. The third kappa shape index (κ3) is 3.95. The zero-order valence-corrected chi connectivity index (χ0v) is 13.6. The third-order valence-corrected chi connectivity index (χ3v) is 5.57. The fourth-order valence-electron chi connectivity index (χ4n) is 3.39. The topological polar surface area (TPSA) is 85.1 Å². The van der Waals surface area contributed by atoms with Gasteiger partial charge in [-0.2, -0.15) is 0 Å². The molecule has 0 atom stereocenters. The van der Waals surface area contributed by atoms with Crippen LogP contribution in [0.2, 0.25) is 0 Å². The van der Waals surface area contributed by atoms with Crippen molar-refractivity contribution < 1.29 is 8.42 Å². The Hall–Kier alpha value is -1.14. The first-order chi connectivity index (χ1) is 9.85. The summed E-state index contributed by atoms with van der Waals surface area (Å²) >= 11 is 0. The van der Waals surface area contributed by atoms with Crippen LogP contribution in [0.15, 0.2) is 23.4 Å². The van der Waals surface area contributed by atoms with Crippen molar-refractivity contribution in [2.45, 2.75) is 51.0 Å². The minimum atomic E-state index is -3.64. The second-order valence-corrected chi connectivity index (χ2v) is 8.21. The molecule has 0 aromatic carbocycles. The number of pyridine rings is 1. The Labute approximate surface area is 127 Å². The lowest BCUT2D eigenvalue weighted by atomic mass is 9.79. The molecule has 118 valence electrons. The minimum Gasteiger partial charge on any atom is -0.396 e. The predicted molar refractivity (Wildman–Crippen MR) is 84.2 cm³/mol. The predicted octanol–water partition coefficient (Wildman–Crippen LogP) is 2.55. The van der Waals surface area contributed by atoms with Crippen LogP contribution in [0.4, 0.5) is 5.69 Å². The standard InChI is InChI=1S/C15H25N3O2S/c1-12(2)10-15(7-3-4-8-15)11-18-21(19,20)14-13(16)6-5-9-17-14/h5-6,9,12,18H,3-4,7-8,10-11,16H2,1-2H3. The summed E-state index contributed by atoms with van der Waals surface area (Å²) in [5, 5.41) is -0.0670. The van der Waals surface area contributed by atoms with Gasteiger partial charge in [0.05, 0.1) is 5.69 Å². The van der Waals surface area contributed by atoms with Crippen molar-refractivity contribution in [3.8, 4) is 0 Å². The van der Waals surface area contributed by atoms with E-state index in [-0.39, 0.29) is 16.1 Å². The highest BCUT2D eigenvalue weighted by atomic mass is 32.2. The van der Waals surface area contributed by atoms with Crippen molar-refractivity contribution in [2.75, 3.05) is 12.3 Å². The van der Waals surface area contributed by atoms with Crippen LogP contribution in [-0.4, -0.2) is 19.9 Å². The van der Waals surface area contributed by atoms with Crippen LogP contribution < -0.4 is 10.5 Å². The van der Waals surface area contributed by atoms with Crippen LogP contribution in [0.3, 0.4) is 0 Å². The molecule has 3 N–H and O–H groups in total. The van der Waals surface area contributed by atoms with Gasteiger partial charge in [0.2, 0.25) is 0 Å². The van der Waals surface area contributed by atoms with Crippen LogP contribution in [0.5, 0.6) is 0 Å². The van der Waals surface area contributed by atoms with Gasteiger partial charge in [-0.15, -0.1) is 0 Å². The van der Waals surface area contributed by atoms with Crippen molar-refractivity contribution in [1.29, 1.82) is 0 Å². The number of anilines is 1. The number of rotatable bonds is 6. The number of sulfonamides is 1. The lowest BCUT2D eigenvalue weighted by Crippen LogP contribution is -2.37. The van der Waals surface area contributed by atoms with E-state index in [9.17, 15) is 8.42 Å². The molecule has 0 spiro atoms. The Morgan fingerprint density at radius 3 is 2.62 bits per heavy atom. The number of nitrogens with two attached hydrogens (primary N) is 1. The van der Waals surface area contributed by atoms with Crippen LogP contribution in [0.25, 0.3) is 0 Å². The van der Waals surface area contributed by atoms with Crippen molar-refractivity contribution in [3.63, 3.8) is 0 Å². The van der Waals surface area contributed by atoms with Gasteiger partial charge in [0.25, 0.3) is 10.0 Å². The van der Waals surface area contributed by atoms with Crippen molar-refractivity contribution in [2.24, 2.45) is 11.3 Å². The average molecular weight is 311 g/mol. The molecule has 0 bridgehead atoms. The summed E-state index contributed by atoms with van der Waals surface area (Å²) in [5.41, 5.74) is 6.00. The molecule has 1 aliphatic rings. The highest BCUT2D eigenvalue weighted by Gasteiger charge is 2.35. The zero-order valence-electron chi connectivity index (χ0n) is 12.8. The van der Waals surface area contributed by atoms with E-state index < -0.39 is 10.0 Å². The second-order valence-electron chi connectivity index (χ2n) is 6.53. The number of nitrogens with one attached hydrogen (secondary N) is 1. The average Bonchev–Trinajstić information content (AvgIpc) is 2.85. The normalized spacial score (nSPS) is 18.2. The van der Waals surface area contributed by atoms with Gasteiger partial charge in [-0.25, -0.2) is 18.1 Å². The third-order valence-electron chi connectivity index (χ3n) is 4.20. The van der Waals surface area contributed by atoms with Gasteiger partial charge < -0.3 is 5.73 Å². The first-order valence-corrected chi connectivity index (χ1v) is 9.03. The Kier molecular flexibility index (Phi) is 4.88. The molecule has 0 amide bonds. The maximum Gasteiger partial charge on any atom is 0.260 e. The molecular formula is C15H25N3O2S. The molecule has 0 unspecified atom stereocenters. The molecule has 6 heteroatoms. The van der Waals surface area contributed by atoms with E-state index in [0.717, 1.165) is 19.3 Å². The van der Waals surface area contributed by atoms with Crippen molar-refractivity contribution in [1.82, 2.24) is 9.71 Å². The van der Waals surface area contributed by atoms with E-state index in [1.54, 1.807) is 12.1 Å². The highest BCUT2D eigenvalue weighted by Crippen LogP contribution is 2.42. The maximum atomic E-state index is 12.4. The quantitative estimate of drug-likeness (QED) is 0.845. The van der Waals surface area contributed by atoms with Gasteiger partial charge >= 0.3 is 0 Å². The van der Waals surface area contributed by atoms with Crippen molar-refractivity contribution in [3.05, 3.63) is 18.3 Å². The lowest BCUT2D eigenvalue weighted by molar-refractivity contribution is 0.236. The molecule has 1 aromatic rings. The van der Waals surface area contributed by atoms with Crippen LogP contribution in [0, 0.1) is 11.3 Å². The van der Waals surface area contributed by atoms with E-state index >= 15 is 0 Å². The number of hydrogen-bond donors (Lipinski definition) is 2. The Morgan fingerprint density at radius 2 is 2.05 bits per heavy atom. The molecule has 1 saturated carbocycles. The van der Waals surface area contributed by atoms with Crippen molar-refractivity contribution >= 4 is 15.7 Å². The number of nitrogens with zero attached hydrogens (tertiary/aromatic N) is 1. The molecule has 21 heavy (non-hydrogen) atoms. The van der Waals surface area contributed by atoms with E-state index in [2.05, 4.69) is 23.6 Å². The molecule has 1 fully saturated rings. The summed E-state index contributed by atoms with van der Waals surface area (Å²) < 4.78 is 27.5. The highest BCUT2D eigenvalue weighted by molar-refractivity contribution is 7.89. The van der Waals surface area contributed by atoms with Gasteiger partial charge in [-0.05, 0) is 42.7 Å². The summed E-state index contributed by atoms with van der Waals surface area (Å²) in [4.78, 5) is 3.90. The van der Waals surface area contributed by atoms with Crippen LogP contribution in [-0.2, 0) is 10.0 Å². The van der Waals surface area contributed by atoms with Gasteiger partial charge in [0.15, 0.2) is 5.03 Å². The van der Waals surface area contributed by atoms with Gasteiger partial charge in [-0.1, -0.05) is 26.7 Å². The van der Waals surface area contributed by atoms with Gasteiger partial charge in [-0.3, -0.25) is 0 Å². The van der Waals surface area contributed by atoms with E-state index in [1.807, 2.05) is 0 Å². The smallest absolute Gasteiger partial charge is 0.260 e. The molecule has 5 nitrogen and oxygen atoms in total. The van der Waals surface area contributed by atoms with Gasteiger partial charge in [0.1, 0.15) is 0 Å². The lowest BCUT2D eigenvalue weighted by Gasteiger charge is -2.31. The monoisotopic (exact) mass is 311 g/mol. The van der Waals surface area contributed by atoms with Gasteiger partial charge in [0, 0.05) is 12.7 Å².